The van der Waals surface area contributed by atoms with Gasteiger partial charge in [-0.3, -0.25) is 9.59 Å². The minimum atomic E-state index is -0.393. The lowest BCUT2D eigenvalue weighted by atomic mass is 9.98. The Kier molecular flexibility index (Phi) is 6.22. The average molecular weight is 441 g/mol. The van der Waals surface area contributed by atoms with Gasteiger partial charge in [-0.05, 0) is 55.3 Å². The zero-order valence-corrected chi connectivity index (χ0v) is 17.7. The molecule has 2 aromatic carbocycles. The number of aromatic nitrogens is 2. The quantitative estimate of drug-likeness (QED) is 0.649. The van der Waals surface area contributed by atoms with Crippen molar-refractivity contribution in [1.82, 2.24) is 15.1 Å². The third-order valence-corrected chi connectivity index (χ3v) is 6.20. The van der Waals surface area contributed by atoms with E-state index in [0.717, 1.165) is 17.8 Å². The molecule has 0 aliphatic carbocycles. The molecule has 2 amide bonds. The first kappa shape index (κ1) is 20.9. The first-order valence-corrected chi connectivity index (χ1v) is 10.7. The van der Waals surface area contributed by atoms with Gasteiger partial charge in [0.05, 0.1) is 7.11 Å². The SMILES string of the molecule is COc1cccc(C(=O)N2CCCC(c3nnc(C(=O)Nc4ccc(F)cc4)s3)C2)c1. The maximum absolute atomic E-state index is 13.0. The average Bonchev–Trinajstić information content (AvgIpc) is 3.31. The Morgan fingerprint density at radius 2 is 2.00 bits per heavy atom. The molecule has 2 heterocycles. The lowest BCUT2D eigenvalue weighted by molar-refractivity contribution is 0.0706. The molecule has 1 fully saturated rings. The molecule has 1 saturated heterocycles. The van der Waals surface area contributed by atoms with Crippen molar-refractivity contribution in [2.75, 3.05) is 25.5 Å². The Balaban J connectivity index is 1.42. The van der Waals surface area contributed by atoms with E-state index in [9.17, 15) is 14.0 Å². The molecular weight excluding hydrogens is 419 g/mol. The summed E-state index contributed by atoms with van der Waals surface area (Å²) in [6.07, 6.45) is 1.72. The third kappa shape index (κ3) is 4.88. The first-order valence-electron chi connectivity index (χ1n) is 9.87. The van der Waals surface area contributed by atoms with Gasteiger partial charge in [0, 0.05) is 30.3 Å². The number of carbonyl (C=O) groups is 2. The Morgan fingerprint density at radius 1 is 1.19 bits per heavy atom. The number of likely N-dealkylation sites (tertiary alicyclic amines) is 1. The second kappa shape index (κ2) is 9.22. The van der Waals surface area contributed by atoms with Crippen LogP contribution < -0.4 is 10.1 Å². The molecule has 1 N–H and O–H groups in total. The molecule has 1 aliphatic rings. The highest BCUT2D eigenvalue weighted by Crippen LogP contribution is 2.30. The van der Waals surface area contributed by atoms with Gasteiger partial charge >= 0.3 is 0 Å². The molecule has 9 heteroatoms. The topological polar surface area (TPSA) is 84.4 Å². The van der Waals surface area contributed by atoms with Gasteiger partial charge in [0.2, 0.25) is 5.01 Å². The van der Waals surface area contributed by atoms with Crippen molar-refractivity contribution >= 4 is 28.8 Å². The molecule has 4 rings (SSSR count). The lowest BCUT2D eigenvalue weighted by Gasteiger charge is -2.31. The fourth-order valence-corrected chi connectivity index (χ4v) is 4.38. The van der Waals surface area contributed by atoms with Crippen molar-refractivity contribution in [3.63, 3.8) is 0 Å². The van der Waals surface area contributed by atoms with E-state index in [4.69, 9.17) is 4.74 Å². The summed E-state index contributed by atoms with van der Waals surface area (Å²) in [5, 5.41) is 11.9. The Labute approximate surface area is 182 Å². The largest absolute Gasteiger partial charge is 0.497 e. The molecule has 1 unspecified atom stereocenters. The summed E-state index contributed by atoms with van der Waals surface area (Å²) < 4.78 is 18.2. The van der Waals surface area contributed by atoms with Crippen LogP contribution >= 0.6 is 11.3 Å². The molecule has 7 nitrogen and oxygen atoms in total. The van der Waals surface area contributed by atoms with Gasteiger partial charge in [0.25, 0.3) is 11.8 Å². The minimum Gasteiger partial charge on any atom is -0.497 e. The number of rotatable bonds is 5. The number of methoxy groups -OCH3 is 1. The number of nitrogens with one attached hydrogen (secondary N) is 1. The fourth-order valence-electron chi connectivity index (χ4n) is 3.51. The van der Waals surface area contributed by atoms with Crippen molar-refractivity contribution in [3.8, 4) is 5.75 Å². The maximum atomic E-state index is 13.0. The summed E-state index contributed by atoms with van der Waals surface area (Å²) in [5.41, 5.74) is 1.06. The van der Waals surface area contributed by atoms with E-state index >= 15 is 0 Å². The van der Waals surface area contributed by atoms with E-state index in [1.807, 2.05) is 4.90 Å². The van der Waals surface area contributed by atoms with Crippen LogP contribution in [0, 0.1) is 5.82 Å². The van der Waals surface area contributed by atoms with Crippen molar-refractivity contribution < 1.29 is 18.7 Å². The predicted octanol–water partition coefficient (Wildman–Crippen LogP) is 3.96. The van der Waals surface area contributed by atoms with Crippen LogP contribution in [0.2, 0.25) is 0 Å². The molecule has 160 valence electrons. The number of carbonyl (C=O) groups excluding carboxylic acids is 2. The Hall–Kier alpha value is -3.33. The molecule has 1 atom stereocenters. The summed E-state index contributed by atoms with van der Waals surface area (Å²) in [4.78, 5) is 27.2. The highest BCUT2D eigenvalue weighted by Gasteiger charge is 2.28. The number of amides is 2. The number of anilines is 1. The number of hydrogen-bond acceptors (Lipinski definition) is 6. The molecule has 0 spiro atoms. The number of benzene rings is 2. The number of ether oxygens (including phenoxy) is 1. The summed E-state index contributed by atoms with van der Waals surface area (Å²) >= 11 is 1.22. The van der Waals surface area contributed by atoms with Crippen LogP contribution in [0.25, 0.3) is 0 Å². The summed E-state index contributed by atoms with van der Waals surface area (Å²) in [6.45, 7) is 1.19. The Morgan fingerprint density at radius 3 is 2.77 bits per heavy atom. The van der Waals surface area contributed by atoms with Crippen LogP contribution in [0.5, 0.6) is 5.75 Å². The standard InChI is InChI=1S/C22H21FN4O3S/c1-30-18-6-2-4-14(12-18)22(29)27-11-3-5-15(13-27)20-25-26-21(31-20)19(28)24-17-9-7-16(23)8-10-17/h2,4,6-10,12,15H,3,5,11,13H2,1H3,(H,24,28). The maximum Gasteiger partial charge on any atom is 0.286 e. The fraction of sp³-hybridized carbons (Fsp3) is 0.273. The van der Waals surface area contributed by atoms with Gasteiger partial charge in [-0.2, -0.15) is 0 Å². The molecule has 3 aromatic rings. The van der Waals surface area contributed by atoms with E-state index in [1.165, 1.54) is 35.6 Å². The van der Waals surface area contributed by atoms with E-state index in [0.29, 0.717) is 30.1 Å². The van der Waals surface area contributed by atoms with E-state index in [2.05, 4.69) is 15.5 Å². The molecule has 0 radical (unpaired) electrons. The van der Waals surface area contributed by atoms with Gasteiger partial charge in [-0.15, -0.1) is 10.2 Å². The van der Waals surface area contributed by atoms with Gasteiger partial charge < -0.3 is 15.0 Å². The predicted molar refractivity (Wildman–Crippen MR) is 115 cm³/mol. The van der Waals surface area contributed by atoms with E-state index in [1.54, 1.807) is 31.4 Å². The third-order valence-electron chi connectivity index (χ3n) is 5.11. The molecule has 0 bridgehead atoms. The van der Waals surface area contributed by atoms with Crippen LogP contribution in [0.1, 0.15) is 43.9 Å². The van der Waals surface area contributed by atoms with Crippen LogP contribution in [0.4, 0.5) is 10.1 Å². The zero-order valence-electron chi connectivity index (χ0n) is 16.9. The van der Waals surface area contributed by atoms with Crippen molar-refractivity contribution in [2.24, 2.45) is 0 Å². The van der Waals surface area contributed by atoms with Crippen molar-refractivity contribution in [2.45, 2.75) is 18.8 Å². The molecule has 31 heavy (non-hydrogen) atoms. The van der Waals surface area contributed by atoms with E-state index < -0.39 is 5.91 Å². The van der Waals surface area contributed by atoms with Crippen LogP contribution in [0.15, 0.2) is 48.5 Å². The zero-order chi connectivity index (χ0) is 21.8. The molecule has 1 aromatic heterocycles. The van der Waals surface area contributed by atoms with E-state index in [-0.39, 0.29) is 22.6 Å². The van der Waals surface area contributed by atoms with Crippen molar-refractivity contribution in [1.29, 1.82) is 0 Å². The first-order chi connectivity index (χ1) is 15.0. The Bertz CT molecular complexity index is 1090. The second-order valence-corrected chi connectivity index (χ2v) is 8.24. The molecule has 0 saturated carbocycles. The normalized spacial score (nSPS) is 16.1. The highest BCUT2D eigenvalue weighted by molar-refractivity contribution is 7.13. The minimum absolute atomic E-state index is 0.0215. The van der Waals surface area contributed by atoms with Gasteiger partial charge in [0.15, 0.2) is 0 Å². The van der Waals surface area contributed by atoms with Gasteiger partial charge in [0.1, 0.15) is 16.6 Å². The number of hydrogen-bond donors (Lipinski definition) is 1. The molecule has 1 aliphatic heterocycles. The number of nitrogens with zero attached hydrogens (tertiary/aromatic N) is 3. The monoisotopic (exact) mass is 440 g/mol. The number of piperidine rings is 1. The molecular formula is C22H21FN4O3S. The van der Waals surface area contributed by atoms with Crippen LogP contribution in [0.3, 0.4) is 0 Å². The van der Waals surface area contributed by atoms with Crippen molar-refractivity contribution in [3.05, 3.63) is 69.9 Å². The second-order valence-electron chi connectivity index (χ2n) is 7.23. The highest BCUT2D eigenvalue weighted by atomic mass is 32.1. The lowest BCUT2D eigenvalue weighted by Crippen LogP contribution is -2.39. The van der Waals surface area contributed by atoms with Crippen LogP contribution in [-0.4, -0.2) is 47.1 Å². The summed E-state index contributed by atoms with van der Waals surface area (Å²) in [5.74, 6) is -0.159. The number of halogens is 1. The van der Waals surface area contributed by atoms with Crippen LogP contribution in [-0.2, 0) is 0 Å². The summed E-state index contributed by atoms with van der Waals surface area (Å²) in [6, 6.07) is 12.6. The van der Waals surface area contributed by atoms with Gasteiger partial charge in [-0.1, -0.05) is 17.4 Å². The smallest absolute Gasteiger partial charge is 0.286 e. The summed E-state index contributed by atoms with van der Waals surface area (Å²) in [7, 11) is 1.57. The van der Waals surface area contributed by atoms with Gasteiger partial charge in [-0.25, -0.2) is 4.39 Å².